The van der Waals surface area contributed by atoms with Crippen molar-refractivity contribution in [3.8, 4) is 0 Å². The Kier molecular flexibility index (Phi) is 4.87. The SMILES string of the molecule is CCN1C[C@]2(C)CCC(OC)C34C1C1(OCO[C@@]15C[C@H](OC)[C@@H]1C[C@]3(O)C5C1OC)[C@@H](OC(C)=O)[C@@H]42. The number of aliphatic hydroxyl groups is 1. The summed E-state index contributed by atoms with van der Waals surface area (Å²) >= 11 is 0. The van der Waals surface area contributed by atoms with Crippen molar-refractivity contribution in [2.75, 3.05) is 41.2 Å². The first-order chi connectivity index (χ1) is 17.2. The number of hydrogen-bond donors (Lipinski definition) is 1. The molecule has 202 valence electrons. The Morgan fingerprint density at radius 2 is 1.89 bits per heavy atom. The second kappa shape index (κ2) is 7.23. The number of likely N-dealkylation sites (N-methyl/N-ethyl adjacent to an activating group) is 1. The number of piperidine rings is 1. The molecule has 3 spiro atoms. The van der Waals surface area contributed by atoms with Crippen molar-refractivity contribution in [1.29, 1.82) is 0 Å². The van der Waals surface area contributed by atoms with Crippen LogP contribution in [0.15, 0.2) is 0 Å². The van der Waals surface area contributed by atoms with E-state index < -0.39 is 28.3 Å². The molecule has 5 saturated carbocycles. The van der Waals surface area contributed by atoms with Crippen LogP contribution >= 0.6 is 0 Å². The highest BCUT2D eigenvalue weighted by atomic mass is 16.7. The van der Waals surface area contributed by atoms with E-state index in [2.05, 4.69) is 18.7 Å². The van der Waals surface area contributed by atoms with Crippen molar-refractivity contribution in [1.82, 2.24) is 4.90 Å². The number of nitrogens with zero attached hydrogens (tertiary/aromatic N) is 1. The van der Waals surface area contributed by atoms with E-state index in [4.69, 9.17) is 28.4 Å². The third kappa shape index (κ3) is 2.16. The van der Waals surface area contributed by atoms with Crippen LogP contribution in [0.5, 0.6) is 0 Å². The Morgan fingerprint density at radius 1 is 1.11 bits per heavy atom. The number of esters is 1. The Bertz CT molecular complexity index is 979. The van der Waals surface area contributed by atoms with Gasteiger partial charge in [-0.2, -0.15) is 0 Å². The zero-order valence-corrected chi connectivity index (χ0v) is 22.3. The van der Waals surface area contributed by atoms with Crippen LogP contribution in [-0.4, -0.2) is 104 Å². The second-order valence-electron chi connectivity index (χ2n) is 12.9. The average molecular weight is 508 g/mol. The first-order valence-electron chi connectivity index (χ1n) is 13.7. The minimum absolute atomic E-state index is 0.0317. The zero-order valence-electron chi connectivity index (χ0n) is 22.3. The number of rotatable bonds is 5. The van der Waals surface area contributed by atoms with Gasteiger partial charge in [0.15, 0.2) is 5.60 Å². The van der Waals surface area contributed by atoms with E-state index in [0.29, 0.717) is 12.8 Å². The number of ether oxygens (including phenoxy) is 6. The number of carbonyl (C=O) groups excluding carboxylic acids is 1. The molecule has 1 N–H and O–H groups in total. The maximum absolute atomic E-state index is 13.4. The lowest BCUT2D eigenvalue weighted by molar-refractivity contribution is -0.332. The molecule has 9 nitrogen and oxygen atoms in total. The topological polar surface area (TPSA) is 95.9 Å². The molecule has 2 heterocycles. The first kappa shape index (κ1) is 24.2. The molecule has 7 rings (SSSR count). The number of fused-ring (bicyclic) bond motifs is 1. The van der Waals surface area contributed by atoms with Crippen LogP contribution in [-0.2, 0) is 33.2 Å². The smallest absolute Gasteiger partial charge is 0.303 e. The molecule has 7 fully saturated rings. The molecule has 0 amide bonds. The van der Waals surface area contributed by atoms with E-state index in [9.17, 15) is 9.90 Å². The third-order valence-electron chi connectivity index (χ3n) is 12.2. The van der Waals surface area contributed by atoms with Gasteiger partial charge in [-0.15, -0.1) is 0 Å². The van der Waals surface area contributed by atoms with Gasteiger partial charge in [0.05, 0.1) is 35.4 Å². The molecule has 36 heavy (non-hydrogen) atoms. The van der Waals surface area contributed by atoms with Crippen LogP contribution in [0.2, 0.25) is 0 Å². The molecule has 7 bridgehead atoms. The first-order valence-corrected chi connectivity index (χ1v) is 13.7. The molecular weight excluding hydrogens is 466 g/mol. The van der Waals surface area contributed by atoms with Gasteiger partial charge in [-0.3, -0.25) is 9.69 Å². The summed E-state index contributed by atoms with van der Waals surface area (Å²) in [6, 6.07) is -0.224. The summed E-state index contributed by atoms with van der Waals surface area (Å²) in [5.74, 6) is -0.771. The fourth-order valence-corrected chi connectivity index (χ4v) is 11.7. The van der Waals surface area contributed by atoms with E-state index in [0.717, 1.165) is 25.9 Å². The van der Waals surface area contributed by atoms with Gasteiger partial charge in [0.25, 0.3) is 0 Å². The molecule has 7 aliphatic rings. The van der Waals surface area contributed by atoms with E-state index >= 15 is 0 Å². The number of methoxy groups -OCH3 is 3. The predicted octanol–water partition coefficient (Wildman–Crippen LogP) is 1.35. The Morgan fingerprint density at radius 3 is 2.53 bits per heavy atom. The van der Waals surface area contributed by atoms with Gasteiger partial charge in [0.1, 0.15) is 18.5 Å². The van der Waals surface area contributed by atoms with Crippen LogP contribution in [0.4, 0.5) is 0 Å². The maximum Gasteiger partial charge on any atom is 0.303 e. The van der Waals surface area contributed by atoms with Crippen molar-refractivity contribution in [2.24, 2.45) is 28.6 Å². The standard InChI is InChI=1S/C27H41NO8/c1-7-28-12-23(3)9-8-17(32-5)26-20(23)21(36-14(2)29)27(22(26)28)25(34-13-35-27)11-16(31-4)15-10-24(26,30)19(25)18(15)33-6/h15-22,30H,7-13H2,1-6H3/t15-,16-,17?,18?,19?,20+,21-,22?,23-,24-,25+,26?,27?/m0/s1. The lowest BCUT2D eigenvalue weighted by Crippen LogP contribution is -2.85. The molecule has 0 radical (unpaired) electrons. The molecule has 0 aromatic heterocycles. The van der Waals surface area contributed by atoms with Crippen LogP contribution < -0.4 is 0 Å². The van der Waals surface area contributed by atoms with Gasteiger partial charge in [0, 0.05) is 59.0 Å². The maximum atomic E-state index is 13.4. The Labute approximate surface area is 213 Å². The quantitative estimate of drug-likeness (QED) is 0.553. The molecule has 0 aromatic carbocycles. The molecule has 6 unspecified atom stereocenters. The molecule has 9 heteroatoms. The van der Waals surface area contributed by atoms with Crippen molar-refractivity contribution in [2.45, 2.75) is 93.7 Å². The summed E-state index contributed by atoms with van der Waals surface area (Å²) in [5, 5.41) is 13.4. The van der Waals surface area contributed by atoms with Crippen LogP contribution in [0.1, 0.15) is 46.5 Å². The molecule has 5 aliphatic carbocycles. The second-order valence-corrected chi connectivity index (χ2v) is 12.9. The highest BCUT2D eigenvalue weighted by Crippen LogP contribution is 2.83. The zero-order chi connectivity index (χ0) is 25.5. The third-order valence-corrected chi connectivity index (χ3v) is 12.2. The summed E-state index contributed by atoms with van der Waals surface area (Å²) in [4.78, 5) is 15.3. The van der Waals surface area contributed by atoms with E-state index in [1.165, 1.54) is 6.92 Å². The summed E-state index contributed by atoms with van der Waals surface area (Å²) in [6.07, 6.45) is 1.69. The molecule has 0 aromatic rings. The molecular formula is C27H41NO8. The highest BCUT2D eigenvalue weighted by Gasteiger charge is 2.97. The summed E-state index contributed by atoms with van der Waals surface area (Å²) < 4.78 is 38.7. The van der Waals surface area contributed by atoms with Crippen LogP contribution in [0.3, 0.4) is 0 Å². The summed E-state index contributed by atoms with van der Waals surface area (Å²) in [6.45, 7) is 7.72. The number of likely N-dealkylation sites (tertiary alicyclic amines) is 1. The van der Waals surface area contributed by atoms with E-state index in [-0.39, 0.29) is 60.3 Å². The van der Waals surface area contributed by atoms with Gasteiger partial charge in [-0.1, -0.05) is 13.8 Å². The highest BCUT2D eigenvalue weighted by molar-refractivity contribution is 5.67. The fourth-order valence-electron chi connectivity index (χ4n) is 11.7. The van der Waals surface area contributed by atoms with Gasteiger partial charge in [-0.25, -0.2) is 0 Å². The minimum Gasteiger partial charge on any atom is -0.459 e. The lowest BCUT2D eigenvalue weighted by Gasteiger charge is -2.71. The van der Waals surface area contributed by atoms with Gasteiger partial charge >= 0.3 is 5.97 Å². The molecule has 2 aliphatic heterocycles. The lowest BCUT2D eigenvalue weighted by atomic mass is 9.41. The Balaban J connectivity index is 1.61. The van der Waals surface area contributed by atoms with E-state index in [1.807, 2.05) is 0 Å². The largest absolute Gasteiger partial charge is 0.459 e. The number of hydrogen-bond acceptors (Lipinski definition) is 9. The van der Waals surface area contributed by atoms with Crippen molar-refractivity contribution in [3.05, 3.63) is 0 Å². The fraction of sp³-hybridized carbons (Fsp3) is 0.963. The average Bonchev–Trinajstić information content (AvgIpc) is 3.40. The monoisotopic (exact) mass is 507 g/mol. The predicted molar refractivity (Wildman–Crippen MR) is 126 cm³/mol. The van der Waals surface area contributed by atoms with Crippen molar-refractivity contribution >= 4 is 5.97 Å². The van der Waals surface area contributed by atoms with Crippen molar-refractivity contribution < 1.29 is 38.3 Å². The summed E-state index contributed by atoms with van der Waals surface area (Å²) in [7, 11) is 5.23. The summed E-state index contributed by atoms with van der Waals surface area (Å²) in [5.41, 5.74) is -3.94. The van der Waals surface area contributed by atoms with Gasteiger partial charge in [0.2, 0.25) is 0 Å². The van der Waals surface area contributed by atoms with Crippen LogP contribution in [0, 0.1) is 28.6 Å². The Hall–Kier alpha value is -0.810. The van der Waals surface area contributed by atoms with Gasteiger partial charge in [-0.05, 0) is 31.2 Å². The van der Waals surface area contributed by atoms with E-state index in [1.54, 1.807) is 21.3 Å². The normalized spacial score (nSPS) is 60.2. The van der Waals surface area contributed by atoms with Gasteiger partial charge < -0.3 is 33.5 Å². The van der Waals surface area contributed by atoms with Crippen molar-refractivity contribution in [3.63, 3.8) is 0 Å². The number of carbonyl (C=O) groups is 1. The minimum atomic E-state index is -1.16. The van der Waals surface area contributed by atoms with Crippen LogP contribution in [0.25, 0.3) is 0 Å². The molecule has 2 saturated heterocycles. The molecule has 13 atom stereocenters.